The van der Waals surface area contributed by atoms with Crippen molar-refractivity contribution < 1.29 is 22.7 Å². The van der Waals surface area contributed by atoms with Crippen molar-refractivity contribution in [2.24, 2.45) is 4.99 Å². The highest BCUT2D eigenvalue weighted by Gasteiger charge is 2.29. The highest BCUT2D eigenvalue weighted by atomic mass is 35.5. The molecule has 0 radical (unpaired) electrons. The van der Waals surface area contributed by atoms with Crippen LogP contribution in [0.1, 0.15) is 11.1 Å². The van der Waals surface area contributed by atoms with Crippen molar-refractivity contribution in [2.75, 3.05) is 10.6 Å². The van der Waals surface area contributed by atoms with Gasteiger partial charge in [0.2, 0.25) is 5.96 Å². The summed E-state index contributed by atoms with van der Waals surface area (Å²) in [7, 11) is -3.88. The molecule has 198 valence electrons. The summed E-state index contributed by atoms with van der Waals surface area (Å²) in [5, 5.41) is 6.08. The number of fused-ring (bicyclic) bond motifs is 1. The lowest BCUT2D eigenvalue weighted by Gasteiger charge is -2.23. The number of carbonyl (C=O) groups is 1. The molecule has 3 N–H and O–H groups in total. The van der Waals surface area contributed by atoms with Crippen LogP contribution >= 0.6 is 11.6 Å². The first-order valence-electron chi connectivity index (χ1n) is 11.8. The Morgan fingerprint density at radius 1 is 0.846 bits per heavy atom. The van der Waals surface area contributed by atoms with E-state index < -0.39 is 16.1 Å². The van der Waals surface area contributed by atoms with Gasteiger partial charge >= 0.3 is 6.09 Å². The zero-order valence-electron chi connectivity index (χ0n) is 20.4. The van der Waals surface area contributed by atoms with Crippen LogP contribution < -0.4 is 20.1 Å². The third kappa shape index (κ3) is 6.49. The standard InChI is InChI=1S/C28H23ClN4O5S/c29-22-9-4-5-10-23(22)38-24-11-6-12-25-26(24)32-27(33-39(25,35)36)30-17-19-13-15-21(16-14-19)31-28(34)37-18-20-7-2-1-3-8-20/h1-16H,17-18H2,(H,31,34)(H2,30,32,33). The Labute approximate surface area is 230 Å². The molecule has 9 nitrogen and oxygen atoms in total. The van der Waals surface area contributed by atoms with Crippen LogP contribution in [0, 0.1) is 0 Å². The molecule has 1 heterocycles. The van der Waals surface area contributed by atoms with Gasteiger partial charge < -0.3 is 14.8 Å². The smallest absolute Gasteiger partial charge is 0.411 e. The number of carbonyl (C=O) groups excluding carboxylic acids is 1. The fourth-order valence-corrected chi connectivity index (χ4v) is 5.06. The number of aliphatic imine (C=N–C) groups is 1. The Bertz CT molecular complexity index is 1630. The van der Waals surface area contributed by atoms with E-state index >= 15 is 0 Å². The van der Waals surface area contributed by atoms with Crippen molar-refractivity contribution in [1.82, 2.24) is 4.72 Å². The van der Waals surface area contributed by atoms with Crippen molar-refractivity contribution >= 4 is 45.1 Å². The quantitative estimate of drug-likeness (QED) is 0.249. The predicted molar refractivity (Wildman–Crippen MR) is 150 cm³/mol. The molecule has 0 unspecified atom stereocenters. The maximum absolute atomic E-state index is 12.9. The zero-order chi connectivity index (χ0) is 27.2. The van der Waals surface area contributed by atoms with Gasteiger partial charge in [-0.15, -0.1) is 0 Å². The summed E-state index contributed by atoms with van der Waals surface area (Å²) in [4.78, 5) is 16.5. The number of benzene rings is 4. The molecule has 1 aliphatic heterocycles. The third-order valence-corrected chi connectivity index (χ3v) is 7.33. The summed E-state index contributed by atoms with van der Waals surface area (Å²) in [5.41, 5.74) is 2.48. The van der Waals surface area contributed by atoms with Gasteiger partial charge in [-0.2, -0.15) is 0 Å². The Morgan fingerprint density at radius 2 is 1.56 bits per heavy atom. The summed E-state index contributed by atoms with van der Waals surface area (Å²) in [6.07, 6.45) is -0.568. The molecular formula is C28H23ClN4O5S. The Morgan fingerprint density at radius 3 is 2.33 bits per heavy atom. The van der Waals surface area contributed by atoms with Gasteiger partial charge in [0.25, 0.3) is 10.0 Å². The lowest BCUT2D eigenvalue weighted by atomic mass is 10.2. The number of ether oxygens (including phenoxy) is 2. The molecule has 1 aliphatic rings. The van der Waals surface area contributed by atoms with E-state index in [1.54, 1.807) is 60.7 Å². The van der Waals surface area contributed by atoms with Gasteiger partial charge in [-0.1, -0.05) is 72.3 Å². The predicted octanol–water partition coefficient (Wildman–Crippen LogP) is 6.14. The molecule has 0 atom stereocenters. The van der Waals surface area contributed by atoms with Gasteiger partial charge in [0, 0.05) is 5.69 Å². The fraction of sp³-hybridized carbons (Fsp3) is 0.0714. The maximum atomic E-state index is 12.9. The number of hydrogen-bond acceptors (Lipinski definition) is 6. The molecule has 39 heavy (non-hydrogen) atoms. The van der Waals surface area contributed by atoms with Crippen molar-refractivity contribution in [3.63, 3.8) is 0 Å². The molecule has 0 saturated carbocycles. The summed E-state index contributed by atoms with van der Waals surface area (Å²) in [5.74, 6) is 0.721. The van der Waals surface area contributed by atoms with E-state index in [0.717, 1.165) is 11.1 Å². The molecule has 5 rings (SSSR count). The van der Waals surface area contributed by atoms with E-state index in [4.69, 9.17) is 21.1 Å². The number of guanidine groups is 1. The van der Waals surface area contributed by atoms with E-state index in [0.29, 0.717) is 16.5 Å². The first-order valence-corrected chi connectivity index (χ1v) is 13.7. The van der Waals surface area contributed by atoms with Gasteiger partial charge in [-0.3, -0.25) is 5.32 Å². The molecule has 0 bridgehead atoms. The first-order chi connectivity index (χ1) is 18.9. The van der Waals surface area contributed by atoms with Crippen LogP contribution in [0.25, 0.3) is 0 Å². The Hall–Kier alpha value is -4.54. The van der Waals surface area contributed by atoms with Crippen molar-refractivity contribution in [1.29, 1.82) is 0 Å². The number of sulfonamides is 1. The lowest BCUT2D eigenvalue weighted by molar-refractivity contribution is 0.155. The topological polar surface area (TPSA) is 118 Å². The van der Waals surface area contributed by atoms with Crippen LogP contribution in [0.15, 0.2) is 107 Å². The molecule has 0 fully saturated rings. The minimum Gasteiger partial charge on any atom is -0.454 e. The molecule has 11 heteroatoms. The second-order valence-electron chi connectivity index (χ2n) is 8.44. The van der Waals surface area contributed by atoms with Crippen LogP contribution in [-0.2, 0) is 27.9 Å². The average Bonchev–Trinajstić information content (AvgIpc) is 2.93. The first kappa shape index (κ1) is 26.1. The summed E-state index contributed by atoms with van der Waals surface area (Å²) >= 11 is 6.21. The van der Waals surface area contributed by atoms with E-state index in [1.807, 2.05) is 30.3 Å². The van der Waals surface area contributed by atoms with Crippen LogP contribution in [0.4, 0.5) is 16.2 Å². The van der Waals surface area contributed by atoms with E-state index in [2.05, 4.69) is 20.3 Å². The number of anilines is 2. The van der Waals surface area contributed by atoms with Gasteiger partial charge in [0.1, 0.15) is 22.9 Å². The fourth-order valence-electron chi connectivity index (χ4n) is 3.73. The second kappa shape index (κ2) is 11.5. The molecular weight excluding hydrogens is 540 g/mol. The third-order valence-electron chi connectivity index (χ3n) is 5.64. The average molecular weight is 563 g/mol. The highest BCUT2D eigenvalue weighted by Crippen LogP contribution is 2.38. The van der Waals surface area contributed by atoms with Crippen molar-refractivity contribution in [3.05, 3.63) is 113 Å². The summed E-state index contributed by atoms with van der Waals surface area (Å²) < 4.78 is 39.4. The molecule has 0 aliphatic carbocycles. The highest BCUT2D eigenvalue weighted by molar-refractivity contribution is 7.90. The molecule has 0 aromatic heterocycles. The maximum Gasteiger partial charge on any atom is 0.411 e. The number of nitrogens with zero attached hydrogens (tertiary/aromatic N) is 1. The number of amides is 1. The largest absolute Gasteiger partial charge is 0.454 e. The Balaban J connectivity index is 1.25. The van der Waals surface area contributed by atoms with Crippen molar-refractivity contribution in [2.45, 2.75) is 18.0 Å². The second-order valence-corrected chi connectivity index (χ2v) is 10.5. The van der Waals surface area contributed by atoms with Gasteiger partial charge in [-0.25, -0.2) is 22.9 Å². The molecule has 0 spiro atoms. The monoisotopic (exact) mass is 562 g/mol. The number of halogens is 1. The normalized spacial score (nSPS) is 14.4. The SMILES string of the molecule is O=C(Nc1ccc(CN=C2Nc3c(Oc4ccccc4Cl)cccc3S(=O)(=O)N2)cc1)OCc1ccccc1. The number of nitrogens with one attached hydrogen (secondary N) is 3. The van der Waals surface area contributed by atoms with Gasteiger partial charge in [0.05, 0.1) is 11.6 Å². The minimum atomic E-state index is -3.88. The van der Waals surface area contributed by atoms with Crippen LogP contribution in [0.5, 0.6) is 11.5 Å². The van der Waals surface area contributed by atoms with E-state index in [-0.39, 0.29) is 35.4 Å². The van der Waals surface area contributed by atoms with Crippen molar-refractivity contribution in [3.8, 4) is 11.5 Å². The number of para-hydroxylation sites is 2. The molecule has 4 aromatic carbocycles. The number of rotatable bonds is 7. The zero-order valence-corrected chi connectivity index (χ0v) is 22.0. The van der Waals surface area contributed by atoms with Gasteiger partial charge in [0.15, 0.2) is 5.75 Å². The van der Waals surface area contributed by atoms with Crippen LogP contribution in [0.2, 0.25) is 5.02 Å². The lowest BCUT2D eigenvalue weighted by Crippen LogP contribution is -2.40. The summed E-state index contributed by atoms with van der Waals surface area (Å²) in [6, 6.07) is 28.0. The van der Waals surface area contributed by atoms with Crippen LogP contribution in [-0.4, -0.2) is 20.5 Å². The molecule has 4 aromatic rings. The molecule has 1 amide bonds. The Kier molecular flexibility index (Phi) is 7.67. The van der Waals surface area contributed by atoms with Crippen LogP contribution in [0.3, 0.4) is 0 Å². The summed E-state index contributed by atoms with van der Waals surface area (Å²) in [6.45, 7) is 0.339. The number of hydrogen-bond donors (Lipinski definition) is 3. The minimum absolute atomic E-state index is 0.0283. The van der Waals surface area contributed by atoms with Gasteiger partial charge in [-0.05, 0) is 47.5 Å². The molecule has 0 saturated heterocycles. The van der Waals surface area contributed by atoms with E-state index in [9.17, 15) is 13.2 Å². The van der Waals surface area contributed by atoms with E-state index in [1.165, 1.54) is 6.07 Å².